The first-order chi connectivity index (χ1) is 5.22. The summed E-state index contributed by atoms with van der Waals surface area (Å²) in [5, 5.41) is 15.3. The molecule has 11 heavy (non-hydrogen) atoms. The van der Waals surface area contributed by atoms with Crippen molar-refractivity contribution in [3.63, 3.8) is 0 Å². The van der Waals surface area contributed by atoms with E-state index >= 15 is 0 Å². The molecular weight excluding hydrogens is 140 g/mol. The summed E-state index contributed by atoms with van der Waals surface area (Å²) in [6.45, 7) is 1.80. The van der Waals surface area contributed by atoms with Crippen LogP contribution in [0.5, 0.6) is 0 Å². The number of allylic oxidation sites excluding steroid dienone is 3. The van der Waals surface area contributed by atoms with Gasteiger partial charge in [0.15, 0.2) is 0 Å². The molecule has 0 aromatic heterocycles. The fourth-order valence-electron chi connectivity index (χ4n) is 0.530. The van der Waals surface area contributed by atoms with Gasteiger partial charge in [-0.25, -0.2) is 0 Å². The standard InChI is InChI=1S/C8H14N2O/c1-7(8(10)6-11)4-2-3-5-9/h2-5,8-9,11H,6,10H2,1H3/b3-2-,7-4+,9-5?. The van der Waals surface area contributed by atoms with Gasteiger partial charge < -0.3 is 16.2 Å². The molecule has 0 heterocycles. The van der Waals surface area contributed by atoms with Crippen LogP contribution in [0.2, 0.25) is 0 Å². The van der Waals surface area contributed by atoms with Crippen LogP contribution in [0.25, 0.3) is 0 Å². The van der Waals surface area contributed by atoms with E-state index in [1.807, 2.05) is 6.92 Å². The average Bonchev–Trinajstić information content (AvgIpc) is 2.03. The highest BCUT2D eigenvalue weighted by molar-refractivity contribution is 5.68. The van der Waals surface area contributed by atoms with Crippen molar-refractivity contribution in [3.8, 4) is 0 Å². The zero-order chi connectivity index (χ0) is 8.69. The lowest BCUT2D eigenvalue weighted by atomic mass is 10.1. The Morgan fingerprint density at radius 2 is 2.27 bits per heavy atom. The number of rotatable bonds is 4. The van der Waals surface area contributed by atoms with Gasteiger partial charge in [0.2, 0.25) is 0 Å². The first kappa shape index (κ1) is 10.1. The molecule has 62 valence electrons. The van der Waals surface area contributed by atoms with Crippen LogP contribution in [0.3, 0.4) is 0 Å². The number of nitrogens with one attached hydrogen (secondary N) is 1. The Morgan fingerprint density at radius 3 is 2.73 bits per heavy atom. The zero-order valence-electron chi connectivity index (χ0n) is 6.62. The highest BCUT2D eigenvalue weighted by Crippen LogP contribution is 1.97. The Hall–Kier alpha value is -0.930. The van der Waals surface area contributed by atoms with Crippen LogP contribution in [0.1, 0.15) is 6.92 Å². The highest BCUT2D eigenvalue weighted by Gasteiger charge is 1.99. The van der Waals surface area contributed by atoms with E-state index in [1.54, 1.807) is 18.2 Å². The van der Waals surface area contributed by atoms with Crippen molar-refractivity contribution in [2.24, 2.45) is 5.73 Å². The van der Waals surface area contributed by atoms with Crippen LogP contribution in [0.15, 0.2) is 23.8 Å². The Kier molecular flexibility index (Phi) is 5.33. The second kappa shape index (κ2) is 5.82. The third kappa shape index (κ3) is 4.47. The summed E-state index contributed by atoms with van der Waals surface area (Å²) in [6, 6.07) is -0.287. The van der Waals surface area contributed by atoms with Gasteiger partial charge >= 0.3 is 0 Å². The van der Waals surface area contributed by atoms with E-state index in [4.69, 9.17) is 16.2 Å². The predicted molar refractivity (Wildman–Crippen MR) is 46.7 cm³/mol. The first-order valence-electron chi connectivity index (χ1n) is 3.42. The number of hydrogen-bond donors (Lipinski definition) is 3. The summed E-state index contributed by atoms with van der Waals surface area (Å²) in [7, 11) is 0. The molecule has 0 radical (unpaired) electrons. The first-order valence-corrected chi connectivity index (χ1v) is 3.42. The number of nitrogens with two attached hydrogens (primary N) is 1. The van der Waals surface area contributed by atoms with Gasteiger partial charge in [-0.15, -0.1) is 0 Å². The molecule has 1 unspecified atom stereocenters. The Bertz CT molecular complexity index is 173. The van der Waals surface area contributed by atoms with E-state index in [1.165, 1.54) is 6.21 Å². The van der Waals surface area contributed by atoms with Crippen LogP contribution >= 0.6 is 0 Å². The van der Waals surface area contributed by atoms with Crippen molar-refractivity contribution < 1.29 is 5.11 Å². The lowest BCUT2D eigenvalue weighted by Gasteiger charge is -2.06. The van der Waals surface area contributed by atoms with Crippen LogP contribution in [0, 0.1) is 5.41 Å². The van der Waals surface area contributed by atoms with E-state index in [0.29, 0.717) is 0 Å². The molecule has 0 amide bonds. The maximum Gasteiger partial charge on any atom is 0.0621 e. The van der Waals surface area contributed by atoms with Gasteiger partial charge in [-0.2, -0.15) is 0 Å². The van der Waals surface area contributed by atoms with Crippen molar-refractivity contribution in [1.82, 2.24) is 0 Å². The molecule has 0 aliphatic carbocycles. The minimum Gasteiger partial charge on any atom is -0.394 e. The second-order valence-corrected chi connectivity index (χ2v) is 2.25. The van der Waals surface area contributed by atoms with Gasteiger partial charge in [-0.1, -0.05) is 17.7 Å². The molecule has 0 aliphatic heterocycles. The van der Waals surface area contributed by atoms with E-state index < -0.39 is 0 Å². The molecule has 3 nitrogen and oxygen atoms in total. The summed E-state index contributed by atoms with van der Waals surface area (Å²) in [6.07, 6.45) is 6.28. The fourth-order valence-corrected chi connectivity index (χ4v) is 0.530. The van der Waals surface area contributed by atoms with Crippen molar-refractivity contribution >= 4 is 6.21 Å². The predicted octanol–water partition coefficient (Wildman–Crippen LogP) is 0.458. The molecule has 0 spiro atoms. The minimum absolute atomic E-state index is 0.0409. The normalized spacial score (nSPS) is 15.4. The molecule has 3 heteroatoms. The molecule has 0 aromatic carbocycles. The smallest absolute Gasteiger partial charge is 0.0621 e. The Balaban J connectivity index is 3.98. The summed E-state index contributed by atoms with van der Waals surface area (Å²) < 4.78 is 0. The van der Waals surface area contributed by atoms with Gasteiger partial charge in [0, 0.05) is 12.3 Å². The monoisotopic (exact) mass is 154 g/mol. The molecule has 1 atom stereocenters. The third-order valence-corrected chi connectivity index (χ3v) is 1.35. The fraction of sp³-hybridized carbons (Fsp3) is 0.375. The Labute approximate surface area is 66.7 Å². The van der Waals surface area contributed by atoms with Crippen molar-refractivity contribution in [1.29, 1.82) is 5.41 Å². The molecule has 0 aromatic rings. The summed E-state index contributed by atoms with van der Waals surface area (Å²) in [5.74, 6) is 0. The van der Waals surface area contributed by atoms with Gasteiger partial charge in [0.25, 0.3) is 0 Å². The van der Waals surface area contributed by atoms with Crippen LogP contribution in [0.4, 0.5) is 0 Å². The molecule has 0 aliphatic rings. The van der Waals surface area contributed by atoms with Gasteiger partial charge in [-0.05, 0) is 13.0 Å². The molecule has 0 fully saturated rings. The van der Waals surface area contributed by atoms with E-state index in [2.05, 4.69) is 0 Å². The number of hydrogen-bond acceptors (Lipinski definition) is 3. The lowest BCUT2D eigenvalue weighted by Crippen LogP contribution is -2.25. The average molecular weight is 154 g/mol. The summed E-state index contributed by atoms with van der Waals surface area (Å²) >= 11 is 0. The quantitative estimate of drug-likeness (QED) is 0.406. The molecular formula is C8H14N2O. The number of aliphatic hydroxyl groups excluding tert-OH is 1. The maximum absolute atomic E-state index is 8.63. The van der Waals surface area contributed by atoms with E-state index in [9.17, 15) is 0 Å². The summed E-state index contributed by atoms with van der Waals surface area (Å²) in [4.78, 5) is 0. The molecule has 0 rings (SSSR count). The third-order valence-electron chi connectivity index (χ3n) is 1.35. The van der Waals surface area contributed by atoms with Gasteiger partial charge in [0.05, 0.1) is 6.61 Å². The minimum atomic E-state index is -0.287. The molecule has 0 bridgehead atoms. The van der Waals surface area contributed by atoms with Gasteiger partial charge in [0.1, 0.15) is 0 Å². The van der Waals surface area contributed by atoms with Crippen molar-refractivity contribution in [2.45, 2.75) is 13.0 Å². The van der Waals surface area contributed by atoms with Crippen LogP contribution in [-0.4, -0.2) is 24.0 Å². The SMILES string of the molecule is C/C(=C\C=C/C=N)C(N)CO. The second-order valence-electron chi connectivity index (χ2n) is 2.25. The van der Waals surface area contributed by atoms with Crippen LogP contribution < -0.4 is 5.73 Å². The summed E-state index contributed by atoms with van der Waals surface area (Å²) in [5.41, 5.74) is 6.40. The lowest BCUT2D eigenvalue weighted by molar-refractivity contribution is 0.279. The number of aliphatic hydroxyl groups is 1. The molecule has 0 saturated carbocycles. The van der Waals surface area contributed by atoms with Gasteiger partial charge in [-0.3, -0.25) is 0 Å². The molecule has 0 saturated heterocycles. The zero-order valence-corrected chi connectivity index (χ0v) is 6.62. The van der Waals surface area contributed by atoms with Crippen molar-refractivity contribution in [3.05, 3.63) is 23.8 Å². The maximum atomic E-state index is 8.63. The van der Waals surface area contributed by atoms with E-state index in [-0.39, 0.29) is 12.6 Å². The largest absolute Gasteiger partial charge is 0.394 e. The highest BCUT2D eigenvalue weighted by atomic mass is 16.3. The Morgan fingerprint density at radius 1 is 1.64 bits per heavy atom. The van der Waals surface area contributed by atoms with E-state index in [0.717, 1.165) is 5.57 Å². The molecule has 4 N–H and O–H groups in total. The van der Waals surface area contributed by atoms with Crippen LogP contribution in [-0.2, 0) is 0 Å². The van der Waals surface area contributed by atoms with Crippen molar-refractivity contribution in [2.75, 3.05) is 6.61 Å². The topological polar surface area (TPSA) is 70.1 Å².